The predicted octanol–water partition coefficient (Wildman–Crippen LogP) is 1.90. The molecule has 3 nitrogen and oxygen atoms in total. The Hall–Kier alpha value is -0.900. The zero-order valence-electron chi connectivity index (χ0n) is 8.64. The Kier molecular flexibility index (Phi) is 3.26. The van der Waals surface area contributed by atoms with Crippen LogP contribution < -0.4 is 0 Å². The van der Waals surface area contributed by atoms with Gasteiger partial charge >= 0.3 is 0 Å². The van der Waals surface area contributed by atoms with Crippen LogP contribution in [0.15, 0.2) is 29.4 Å². The van der Waals surface area contributed by atoms with E-state index in [2.05, 4.69) is 4.98 Å². The Labute approximate surface area is 85.1 Å². The van der Waals surface area contributed by atoms with E-state index in [1.165, 1.54) is 6.20 Å². The second-order valence-corrected chi connectivity index (χ2v) is 5.99. The fourth-order valence-electron chi connectivity index (χ4n) is 1.09. The summed E-state index contributed by atoms with van der Waals surface area (Å²) in [6.45, 7) is 5.53. The molecule has 1 aromatic heterocycles. The van der Waals surface area contributed by atoms with E-state index in [9.17, 15) is 8.42 Å². The van der Waals surface area contributed by atoms with Crippen LogP contribution in [-0.4, -0.2) is 18.7 Å². The van der Waals surface area contributed by atoms with Crippen molar-refractivity contribution in [3.8, 4) is 0 Å². The molecule has 0 radical (unpaired) electrons. The molecule has 0 saturated carbocycles. The minimum Gasteiger partial charge on any atom is -0.263 e. The van der Waals surface area contributed by atoms with Crippen LogP contribution in [-0.2, 0) is 9.84 Å². The molecule has 1 unspecified atom stereocenters. The summed E-state index contributed by atoms with van der Waals surface area (Å²) in [5, 5.41) is -0.369. The first-order chi connectivity index (χ1) is 6.46. The summed E-state index contributed by atoms with van der Waals surface area (Å²) in [5.41, 5.74) is 0. The molecule has 4 heteroatoms. The monoisotopic (exact) mass is 213 g/mol. The van der Waals surface area contributed by atoms with Crippen molar-refractivity contribution in [2.45, 2.75) is 30.9 Å². The van der Waals surface area contributed by atoms with Crippen molar-refractivity contribution in [2.24, 2.45) is 5.92 Å². The van der Waals surface area contributed by atoms with Crippen LogP contribution in [0.1, 0.15) is 20.8 Å². The van der Waals surface area contributed by atoms with Crippen LogP contribution in [0.25, 0.3) is 0 Å². The molecule has 0 aromatic carbocycles. The maximum Gasteiger partial charge on any atom is 0.182 e. The Balaban J connectivity index is 3.10. The van der Waals surface area contributed by atoms with Crippen molar-refractivity contribution in [3.63, 3.8) is 0 Å². The number of hydrogen-bond donors (Lipinski definition) is 0. The third kappa shape index (κ3) is 2.12. The van der Waals surface area contributed by atoms with E-state index < -0.39 is 9.84 Å². The van der Waals surface area contributed by atoms with Gasteiger partial charge in [0.25, 0.3) is 0 Å². The Bertz CT molecular complexity index is 384. The highest BCUT2D eigenvalue weighted by molar-refractivity contribution is 7.92. The van der Waals surface area contributed by atoms with Crippen LogP contribution in [0.4, 0.5) is 0 Å². The average Bonchev–Trinajstić information content (AvgIpc) is 2.18. The van der Waals surface area contributed by atoms with Gasteiger partial charge in [0.15, 0.2) is 9.84 Å². The topological polar surface area (TPSA) is 47.0 Å². The van der Waals surface area contributed by atoms with E-state index in [1.54, 1.807) is 25.3 Å². The molecule has 1 heterocycles. The van der Waals surface area contributed by atoms with Crippen molar-refractivity contribution in [1.29, 1.82) is 0 Å². The smallest absolute Gasteiger partial charge is 0.182 e. The molecular formula is C10H15NO2S. The summed E-state index contributed by atoms with van der Waals surface area (Å²) in [6.07, 6.45) is 2.97. The van der Waals surface area contributed by atoms with Gasteiger partial charge in [-0.05, 0) is 25.0 Å². The van der Waals surface area contributed by atoms with Gasteiger partial charge in [0.2, 0.25) is 0 Å². The summed E-state index contributed by atoms with van der Waals surface area (Å²) in [7, 11) is -3.20. The molecule has 0 aliphatic carbocycles. The first-order valence-corrected chi connectivity index (χ1v) is 6.15. The minimum absolute atomic E-state index is 0.111. The van der Waals surface area contributed by atoms with E-state index in [4.69, 9.17) is 0 Å². The number of hydrogen-bond acceptors (Lipinski definition) is 3. The van der Waals surface area contributed by atoms with Crippen molar-refractivity contribution in [3.05, 3.63) is 24.5 Å². The SMILES string of the molecule is CC(C)C(C)S(=O)(=O)c1cccnc1. The van der Waals surface area contributed by atoms with Gasteiger partial charge in [-0.1, -0.05) is 13.8 Å². The minimum atomic E-state index is -3.20. The third-order valence-electron chi connectivity index (χ3n) is 2.39. The molecular weight excluding hydrogens is 198 g/mol. The molecule has 0 aliphatic heterocycles. The summed E-state index contributed by atoms with van der Waals surface area (Å²) >= 11 is 0. The Morgan fingerprint density at radius 1 is 1.29 bits per heavy atom. The Morgan fingerprint density at radius 3 is 2.36 bits per heavy atom. The van der Waals surface area contributed by atoms with Gasteiger partial charge in [-0.25, -0.2) is 8.42 Å². The molecule has 0 aliphatic rings. The maximum atomic E-state index is 11.9. The zero-order chi connectivity index (χ0) is 10.8. The van der Waals surface area contributed by atoms with E-state index in [-0.39, 0.29) is 11.2 Å². The second kappa shape index (κ2) is 4.09. The van der Waals surface area contributed by atoms with Gasteiger partial charge in [0.1, 0.15) is 0 Å². The molecule has 0 bridgehead atoms. The molecule has 14 heavy (non-hydrogen) atoms. The van der Waals surface area contributed by atoms with E-state index in [0.717, 1.165) is 0 Å². The fourth-order valence-corrected chi connectivity index (χ4v) is 2.71. The van der Waals surface area contributed by atoms with E-state index in [1.807, 2.05) is 13.8 Å². The summed E-state index contributed by atoms with van der Waals surface area (Å²) in [6, 6.07) is 3.22. The quantitative estimate of drug-likeness (QED) is 0.770. The van der Waals surface area contributed by atoms with Crippen LogP contribution in [0.2, 0.25) is 0 Å². The van der Waals surface area contributed by atoms with Gasteiger partial charge in [-0.2, -0.15) is 0 Å². The largest absolute Gasteiger partial charge is 0.263 e. The molecule has 0 saturated heterocycles. The molecule has 1 atom stereocenters. The zero-order valence-corrected chi connectivity index (χ0v) is 9.45. The molecule has 0 spiro atoms. The summed E-state index contributed by atoms with van der Waals surface area (Å²) in [4.78, 5) is 4.12. The van der Waals surface area contributed by atoms with Crippen LogP contribution in [0.3, 0.4) is 0 Å². The highest BCUT2D eigenvalue weighted by atomic mass is 32.2. The van der Waals surface area contributed by atoms with Crippen molar-refractivity contribution in [2.75, 3.05) is 0 Å². The van der Waals surface area contributed by atoms with Gasteiger partial charge in [-0.15, -0.1) is 0 Å². The lowest BCUT2D eigenvalue weighted by Crippen LogP contribution is -2.23. The van der Waals surface area contributed by atoms with Crippen LogP contribution in [0, 0.1) is 5.92 Å². The number of rotatable bonds is 3. The molecule has 1 rings (SSSR count). The summed E-state index contributed by atoms with van der Waals surface area (Å²) in [5.74, 6) is 0.111. The van der Waals surface area contributed by atoms with E-state index >= 15 is 0 Å². The number of aromatic nitrogens is 1. The first kappa shape index (κ1) is 11.2. The van der Waals surface area contributed by atoms with E-state index in [0.29, 0.717) is 4.90 Å². The van der Waals surface area contributed by atoms with Crippen molar-refractivity contribution < 1.29 is 8.42 Å². The van der Waals surface area contributed by atoms with Crippen LogP contribution in [0.5, 0.6) is 0 Å². The lowest BCUT2D eigenvalue weighted by atomic mass is 10.2. The maximum absolute atomic E-state index is 11.9. The molecule has 1 aromatic rings. The normalized spacial score (nSPS) is 14.3. The van der Waals surface area contributed by atoms with Crippen molar-refractivity contribution >= 4 is 9.84 Å². The Morgan fingerprint density at radius 2 is 1.93 bits per heavy atom. The molecule has 0 fully saturated rings. The number of nitrogens with zero attached hydrogens (tertiary/aromatic N) is 1. The average molecular weight is 213 g/mol. The third-order valence-corrected chi connectivity index (χ3v) is 4.81. The molecule has 0 N–H and O–H groups in total. The van der Waals surface area contributed by atoms with Gasteiger partial charge in [-0.3, -0.25) is 4.98 Å². The molecule has 78 valence electrons. The predicted molar refractivity (Wildman–Crippen MR) is 55.7 cm³/mol. The van der Waals surface area contributed by atoms with Crippen molar-refractivity contribution in [1.82, 2.24) is 4.98 Å². The fraction of sp³-hybridized carbons (Fsp3) is 0.500. The number of pyridine rings is 1. The lowest BCUT2D eigenvalue weighted by Gasteiger charge is -2.15. The highest BCUT2D eigenvalue weighted by Crippen LogP contribution is 2.19. The van der Waals surface area contributed by atoms with Gasteiger partial charge in [0, 0.05) is 12.4 Å². The van der Waals surface area contributed by atoms with Crippen LogP contribution >= 0.6 is 0 Å². The highest BCUT2D eigenvalue weighted by Gasteiger charge is 2.25. The summed E-state index contributed by atoms with van der Waals surface area (Å²) < 4.78 is 23.9. The molecule has 0 amide bonds. The second-order valence-electron chi connectivity index (χ2n) is 3.68. The van der Waals surface area contributed by atoms with Gasteiger partial charge < -0.3 is 0 Å². The standard InChI is InChI=1S/C10H15NO2S/c1-8(2)9(3)14(12,13)10-5-4-6-11-7-10/h4-9H,1-3H3. The van der Waals surface area contributed by atoms with Gasteiger partial charge in [0.05, 0.1) is 10.1 Å². The first-order valence-electron chi connectivity index (χ1n) is 4.60. The number of sulfone groups is 1. The lowest BCUT2D eigenvalue weighted by molar-refractivity contribution is 0.545.